The van der Waals surface area contributed by atoms with Gasteiger partial charge < -0.3 is 14.6 Å². The molecule has 2 aromatic rings. The van der Waals surface area contributed by atoms with Gasteiger partial charge in [0, 0.05) is 12.6 Å². The zero-order valence-electron chi connectivity index (χ0n) is 13.8. The van der Waals surface area contributed by atoms with Crippen LogP contribution in [-0.4, -0.2) is 29.4 Å². The largest absolute Gasteiger partial charge is 0.497 e. The number of pyridine rings is 1. The maximum atomic E-state index is 12.9. The van der Waals surface area contributed by atoms with E-state index in [1.165, 1.54) is 6.07 Å². The molecule has 0 aliphatic carbocycles. The Labute approximate surface area is 141 Å². The number of methoxy groups -OCH3 is 1. The summed E-state index contributed by atoms with van der Waals surface area (Å²) in [6, 6.07) is 12.6. The number of benzene rings is 1. The molecule has 0 bridgehead atoms. The van der Waals surface area contributed by atoms with Gasteiger partial charge in [-0.1, -0.05) is 31.0 Å². The second kappa shape index (κ2) is 7.34. The lowest BCUT2D eigenvalue weighted by atomic mass is 10.0. The van der Waals surface area contributed by atoms with E-state index in [4.69, 9.17) is 4.74 Å². The number of ether oxygens (including phenoxy) is 1. The Hall–Kier alpha value is -2.56. The molecule has 1 aromatic heterocycles. The van der Waals surface area contributed by atoms with E-state index in [1.807, 2.05) is 29.2 Å². The Balaban J connectivity index is 1.92. The Morgan fingerprint density at radius 3 is 2.62 bits per heavy atom. The molecule has 1 aromatic carbocycles. The van der Waals surface area contributed by atoms with Crippen molar-refractivity contribution >= 4 is 5.91 Å². The first-order valence-electron chi connectivity index (χ1n) is 8.33. The normalized spacial score (nSPS) is 18.0. The molecule has 1 aliphatic rings. The van der Waals surface area contributed by atoms with E-state index >= 15 is 0 Å². The van der Waals surface area contributed by atoms with Gasteiger partial charge in [-0.15, -0.1) is 0 Å². The van der Waals surface area contributed by atoms with Crippen molar-refractivity contribution < 1.29 is 9.53 Å². The van der Waals surface area contributed by atoms with Crippen LogP contribution in [0.2, 0.25) is 0 Å². The highest BCUT2D eigenvalue weighted by atomic mass is 16.5. The topological polar surface area (TPSA) is 62.4 Å². The van der Waals surface area contributed by atoms with Crippen LogP contribution in [0.3, 0.4) is 0 Å². The van der Waals surface area contributed by atoms with Crippen molar-refractivity contribution in [2.24, 2.45) is 0 Å². The van der Waals surface area contributed by atoms with Crippen molar-refractivity contribution in [3.8, 4) is 5.75 Å². The Kier molecular flexibility index (Phi) is 4.99. The quantitative estimate of drug-likeness (QED) is 0.942. The van der Waals surface area contributed by atoms with Crippen molar-refractivity contribution in [1.29, 1.82) is 0 Å². The van der Waals surface area contributed by atoms with E-state index in [9.17, 15) is 9.59 Å². The fourth-order valence-corrected chi connectivity index (χ4v) is 3.25. The van der Waals surface area contributed by atoms with Crippen LogP contribution in [-0.2, 0) is 0 Å². The van der Waals surface area contributed by atoms with Crippen LogP contribution in [0.15, 0.2) is 47.3 Å². The van der Waals surface area contributed by atoms with E-state index < -0.39 is 0 Å². The number of nitrogens with one attached hydrogen (secondary N) is 1. The third kappa shape index (κ3) is 3.50. The summed E-state index contributed by atoms with van der Waals surface area (Å²) < 4.78 is 5.22. The standard InChI is InChI=1S/C19H22N2O3/c1-24-15-11-9-14(10-12-15)17-7-3-2-4-13-21(17)19(23)16-6-5-8-18(22)20-16/h5-6,8-12,17H,2-4,7,13H2,1H3,(H,20,22)/t17-/m0/s1. The Morgan fingerprint density at radius 2 is 1.92 bits per heavy atom. The SMILES string of the molecule is COc1ccc([C@@H]2CCCCCN2C(=O)c2cccc(=O)[nH]2)cc1. The summed E-state index contributed by atoms with van der Waals surface area (Å²) in [6.45, 7) is 0.701. The van der Waals surface area contributed by atoms with Gasteiger partial charge in [-0.2, -0.15) is 0 Å². The molecule has 1 saturated heterocycles. The molecule has 1 fully saturated rings. The minimum Gasteiger partial charge on any atom is -0.497 e. The summed E-state index contributed by atoms with van der Waals surface area (Å²) in [5.41, 5.74) is 1.20. The van der Waals surface area contributed by atoms with Gasteiger partial charge in [-0.3, -0.25) is 9.59 Å². The predicted octanol–water partition coefficient (Wildman–Crippen LogP) is 3.14. The molecule has 1 aliphatic heterocycles. The molecule has 0 radical (unpaired) electrons. The summed E-state index contributed by atoms with van der Waals surface area (Å²) in [5.74, 6) is 0.688. The first-order valence-corrected chi connectivity index (χ1v) is 8.33. The summed E-state index contributed by atoms with van der Waals surface area (Å²) >= 11 is 0. The average molecular weight is 326 g/mol. The van der Waals surface area contributed by atoms with Crippen molar-refractivity contribution in [2.45, 2.75) is 31.7 Å². The second-order valence-electron chi connectivity index (χ2n) is 6.07. The Bertz CT molecular complexity index is 752. The van der Waals surface area contributed by atoms with E-state index in [0.29, 0.717) is 12.2 Å². The zero-order valence-corrected chi connectivity index (χ0v) is 13.8. The molecule has 0 unspecified atom stereocenters. The maximum absolute atomic E-state index is 12.9. The minimum atomic E-state index is -0.253. The van der Waals surface area contributed by atoms with Crippen LogP contribution in [0.4, 0.5) is 0 Å². The number of rotatable bonds is 3. The smallest absolute Gasteiger partial charge is 0.270 e. The molecule has 126 valence electrons. The third-order valence-corrected chi connectivity index (χ3v) is 4.51. The lowest BCUT2D eigenvalue weighted by Crippen LogP contribution is -2.36. The van der Waals surface area contributed by atoms with Gasteiger partial charge in [0.15, 0.2) is 0 Å². The molecule has 5 heteroatoms. The number of H-pyrrole nitrogens is 1. The number of carbonyl (C=O) groups excluding carboxylic acids is 1. The molecule has 1 N–H and O–H groups in total. The predicted molar refractivity (Wildman–Crippen MR) is 92.3 cm³/mol. The second-order valence-corrected chi connectivity index (χ2v) is 6.07. The lowest BCUT2D eigenvalue weighted by Gasteiger charge is -2.30. The number of carbonyl (C=O) groups is 1. The summed E-state index contributed by atoms with van der Waals surface area (Å²) in [5, 5.41) is 0. The van der Waals surface area contributed by atoms with Gasteiger partial charge in [0.1, 0.15) is 11.4 Å². The van der Waals surface area contributed by atoms with E-state index in [0.717, 1.165) is 37.0 Å². The van der Waals surface area contributed by atoms with Gasteiger partial charge in [0.2, 0.25) is 5.56 Å². The van der Waals surface area contributed by atoms with Crippen LogP contribution in [0.1, 0.15) is 47.8 Å². The highest BCUT2D eigenvalue weighted by Crippen LogP contribution is 2.32. The number of hydrogen-bond acceptors (Lipinski definition) is 3. The molecule has 24 heavy (non-hydrogen) atoms. The molecule has 3 rings (SSSR count). The molecule has 1 atom stereocenters. The third-order valence-electron chi connectivity index (χ3n) is 4.51. The van der Waals surface area contributed by atoms with Gasteiger partial charge in [-0.05, 0) is 36.6 Å². The molecular weight excluding hydrogens is 304 g/mol. The van der Waals surface area contributed by atoms with Crippen LogP contribution in [0.5, 0.6) is 5.75 Å². The number of hydrogen-bond donors (Lipinski definition) is 1. The molecule has 2 heterocycles. The number of nitrogens with zero attached hydrogens (tertiary/aromatic N) is 1. The number of aromatic nitrogens is 1. The fraction of sp³-hybridized carbons (Fsp3) is 0.368. The monoisotopic (exact) mass is 326 g/mol. The fourth-order valence-electron chi connectivity index (χ4n) is 3.25. The highest BCUT2D eigenvalue weighted by Gasteiger charge is 2.28. The summed E-state index contributed by atoms with van der Waals surface area (Å²) in [7, 11) is 1.64. The molecule has 1 amide bonds. The maximum Gasteiger partial charge on any atom is 0.270 e. The van der Waals surface area contributed by atoms with Gasteiger partial charge >= 0.3 is 0 Å². The summed E-state index contributed by atoms with van der Waals surface area (Å²) in [6.07, 6.45) is 4.11. The van der Waals surface area contributed by atoms with Crippen molar-refractivity contribution in [3.05, 3.63) is 64.1 Å². The van der Waals surface area contributed by atoms with Crippen LogP contribution < -0.4 is 10.3 Å². The van der Waals surface area contributed by atoms with E-state index in [2.05, 4.69) is 4.98 Å². The van der Waals surface area contributed by atoms with E-state index in [-0.39, 0.29) is 17.5 Å². The van der Waals surface area contributed by atoms with E-state index in [1.54, 1.807) is 19.2 Å². The molecule has 0 saturated carbocycles. The molecular formula is C19H22N2O3. The van der Waals surface area contributed by atoms with Crippen molar-refractivity contribution in [1.82, 2.24) is 9.88 Å². The van der Waals surface area contributed by atoms with Crippen LogP contribution in [0.25, 0.3) is 0 Å². The van der Waals surface area contributed by atoms with Crippen molar-refractivity contribution in [3.63, 3.8) is 0 Å². The average Bonchev–Trinajstić information content (AvgIpc) is 2.87. The van der Waals surface area contributed by atoms with Crippen LogP contribution in [0, 0.1) is 0 Å². The first-order chi connectivity index (χ1) is 11.7. The number of aromatic amines is 1. The van der Waals surface area contributed by atoms with Crippen LogP contribution >= 0.6 is 0 Å². The van der Waals surface area contributed by atoms with Crippen molar-refractivity contribution in [2.75, 3.05) is 13.7 Å². The minimum absolute atomic E-state index is 0.0228. The summed E-state index contributed by atoms with van der Waals surface area (Å²) in [4.78, 5) is 29.0. The van der Waals surface area contributed by atoms with Gasteiger partial charge in [-0.25, -0.2) is 0 Å². The molecule has 0 spiro atoms. The first kappa shape index (κ1) is 16.3. The lowest BCUT2D eigenvalue weighted by molar-refractivity contribution is 0.0674. The number of amides is 1. The number of likely N-dealkylation sites (tertiary alicyclic amines) is 1. The Morgan fingerprint density at radius 1 is 1.12 bits per heavy atom. The van der Waals surface area contributed by atoms with Gasteiger partial charge in [0.05, 0.1) is 13.2 Å². The van der Waals surface area contributed by atoms with Gasteiger partial charge in [0.25, 0.3) is 5.91 Å². The highest BCUT2D eigenvalue weighted by molar-refractivity contribution is 5.92. The molecule has 5 nitrogen and oxygen atoms in total. The zero-order chi connectivity index (χ0) is 16.9.